The Hall–Kier alpha value is 0.236. The predicted octanol–water partition coefficient (Wildman–Crippen LogP) is 2.65. The molecular formula is C11H20OSiTe. The van der Waals surface area contributed by atoms with E-state index in [1.807, 2.05) is 21.8 Å². The van der Waals surface area contributed by atoms with Crippen LogP contribution in [-0.2, 0) is 4.74 Å². The van der Waals surface area contributed by atoms with Crippen molar-refractivity contribution >= 4 is 33.6 Å². The Morgan fingerprint density at radius 3 is 2.14 bits per heavy atom. The van der Waals surface area contributed by atoms with Gasteiger partial charge in [0.05, 0.1) is 0 Å². The monoisotopic (exact) mass is 326 g/mol. The third-order valence-corrected chi connectivity index (χ3v) is 4.67. The summed E-state index contributed by atoms with van der Waals surface area (Å²) in [6.45, 7) is 13.3. The van der Waals surface area contributed by atoms with Gasteiger partial charge in [0.15, 0.2) is 0 Å². The molecular weight excluding hydrogens is 304 g/mol. The molecule has 3 heteroatoms. The van der Waals surface area contributed by atoms with Crippen LogP contribution in [0.2, 0.25) is 25.7 Å². The number of hydrogen-bond acceptors (Lipinski definition) is 1. The summed E-state index contributed by atoms with van der Waals surface area (Å²) in [4.78, 5) is 0. The SMILES string of the molecule is CC(C)(C)C(=[Te])OC#CC[Si](C)(C)C. The molecule has 14 heavy (non-hydrogen) atoms. The molecule has 0 atom stereocenters. The summed E-state index contributed by atoms with van der Waals surface area (Å²) in [5, 5.41) is 0. The second-order valence-electron chi connectivity index (χ2n) is 5.66. The summed E-state index contributed by atoms with van der Waals surface area (Å²) in [7, 11) is -1.04. The van der Waals surface area contributed by atoms with E-state index in [2.05, 4.69) is 52.4 Å². The second kappa shape index (κ2) is 5.36. The summed E-state index contributed by atoms with van der Waals surface area (Å²) >= 11 is 1.91. The van der Waals surface area contributed by atoms with E-state index in [0.717, 1.165) is 9.78 Å². The van der Waals surface area contributed by atoms with Gasteiger partial charge >= 0.3 is 102 Å². The molecule has 0 fully saturated rings. The molecule has 0 heterocycles. The molecule has 0 rings (SSSR count). The molecule has 0 bridgehead atoms. The molecule has 0 saturated heterocycles. The predicted molar refractivity (Wildman–Crippen MR) is 67.2 cm³/mol. The molecule has 1 nitrogen and oxygen atoms in total. The van der Waals surface area contributed by atoms with Crippen molar-refractivity contribution in [1.29, 1.82) is 0 Å². The van der Waals surface area contributed by atoms with Crippen molar-refractivity contribution in [3.63, 3.8) is 0 Å². The molecule has 0 aliphatic rings. The minimum atomic E-state index is -1.04. The van der Waals surface area contributed by atoms with Crippen molar-refractivity contribution in [3.8, 4) is 12.0 Å². The first kappa shape index (κ1) is 14.2. The fourth-order valence-corrected chi connectivity index (χ4v) is 1.26. The maximum absolute atomic E-state index is 5.38. The Kier molecular flexibility index (Phi) is 5.45. The van der Waals surface area contributed by atoms with Gasteiger partial charge in [-0.2, -0.15) is 0 Å². The second-order valence-corrected chi connectivity index (χ2v) is 12.2. The first-order valence-electron chi connectivity index (χ1n) is 4.82. The van der Waals surface area contributed by atoms with E-state index in [0.29, 0.717) is 0 Å². The van der Waals surface area contributed by atoms with Gasteiger partial charge in [-0.05, 0) is 0 Å². The van der Waals surface area contributed by atoms with E-state index < -0.39 is 8.07 Å². The maximum atomic E-state index is 5.38. The standard InChI is InChI=1S/C11H20OSiTe/c1-11(2,3)10(14)12-8-7-9-13(4,5)6/h9H2,1-6H3. The molecule has 0 aliphatic heterocycles. The van der Waals surface area contributed by atoms with Gasteiger partial charge in [0, 0.05) is 0 Å². The van der Waals surface area contributed by atoms with E-state index in [1.54, 1.807) is 0 Å². The van der Waals surface area contributed by atoms with E-state index in [9.17, 15) is 0 Å². The van der Waals surface area contributed by atoms with E-state index >= 15 is 0 Å². The third-order valence-electron chi connectivity index (χ3n) is 1.45. The Morgan fingerprint density at radius 2 is 1.79 bits per heavy atom. The molecule has 0 spiro atoms. The molecule has 0 N–H and O–H groups in total. The fraction of sp³-hybridized carbons (Fsp3) is 0.727. The molecule has 0 amide bonds. The first-order valence-corrected chi connectivity index (χ1v) is 9.69. The van der Waals surface area contributed by atoms with Gasteiger partial charge in [-0.15, -0.1) is 0 Å². The number of ether oxygens (including phenoxy) is 1. The van der Waals surface area contributed by atoms with Crippen LogP contribution < -0.4 is 0 Å². The van der Waals surface area contributed by atoms with E-state index in [1.165, 1.54) is 0 Å². The molecule has 0 radical (unpaired) electrons. The topological polar surface area (TPSA) is 9.23 Å². The van der Waals surface area contributed by atoms with Gasteiger partial charge < -0.3 is 0 Å². The van der Waals surface area contributed by atoms with E-state index in [-0.39, 0.29) is 5.41 Å². The summed E-state index contributed by atoms with van der Waals surface area (Å²) in [6.07, 6.45) is 2.80. The molecule has 0 saturated carbocycles. The van der Waals surface area contributed by atoms with Crippen LogP contribution in [0.1, 0.15) is 20.8 Å². The van der Waals surface area contributed by atoms with Crippen molar-refractivity contribution < 1.29 is 4.74 Å². The zero-order valence-electron chi connectivity index (χ0n) is 10.0. The average molecular weight is 324 g/mol. The molecule has 0 unspecified atom stereocenters. The van der Waals surface area contributed by atoms with Crippen LogP contribution in [0.4, 0.5) is 0 Å². The summed E-state index contributed by atoms with van der Waals surface area (Å²) in [5.74, 6) is 3.10. The van der Waals surface area contributed by atoms with Crippen molar-refractivity contribution in [1.82, 2.24) is 0 Å². The minimum absolute atomic E-state index is 0.0956. The van der Waals surface area contributed by atoms with Gasteiger partial charge in [0.1, 0.15) is 0 Å². The zero-order chi connectivity index (χ0) is 11.4. The Morgan fingerprint density at radius 1 is 1.29 bits per heavy atom. The van der Waals surface area contributed by atoms with Crippen LogP contribution in [0.15, 0.2) is 0 Å². The molecule has 0 aromatic rings. The fourth-order valence-electron chi connectivity index (χ4n) is 0.537. The Balaban J connectivity index is 4.01. The van der Waals surface area contributed by atoms with Gasteiger partial charge in [-0.25, -0.2) is 0 Å². The Labute approximate surface area is 102 Å². The first-order chi connectivity index (χ1) is 6.13. The normalized spacial score (nSPS) is 11.6. The van der Waals surface area contributed by atoms with Crippen LogP contribution in [0.5, 0.6) is 0 Å². The molecule has 0 aromatic carbocycles. The summed E-state index contributed by atoms with van der Waals surface area (Å²) < 4.78 is 6.38. The number of hydrogen-bond donors (Lipinski definition) is 0. The van der Waals surface area contributed by atoms with Gasteiger partial charge in [-0.1, -0.05) is 0 Å². The van der Waals surface area contributed by atoms with Crippen LogP contribution in [0.25, 0.3) is 0 Å². The van der Waals surface area contributed by atoms with Gasteiger partial charge in [-0.3, -0.25) is 0 Å². The van der Waals surface area contributed by atoms with Crippen molar-refractivity contribution in [2.45, 2.75) is 46.5 Å². The van der Waals surface area contributed by atoms with Crippen molar-refractivity contribution in [2.75, 3.05) is 0 Å². The van der Waals surface area contributed by atoms with E-state index in [4.69, 9.17) is 4.74 Å². The molecule has 80 valence electrons. The quantitative estimate of drug-likeness (QED) is 0.561. The van der Waals surface area contributed by atoms with Crippen LogP contribution >= 0.6 is 0 Å². The van der Waals surface area contributed by atoms with Crippen LogP contribution in [-0.4, -0.2) is 33.6 Å². The van der Waals surface area contributed by atoms with Crippen LogP contribution in [0.3, 0.4) is 0 Å². The van der Waals surface area contributed by atoms with Crippen LogP contribution in [0, 0.1) is 17.4 Å². The molecule has 0 aliphatic carbocycles. The summed E-state index contributed by atoms with van der Waals surface area (Å²) in [5.41, 5.74) is 0.0956. The van der Waals surface area contributed by atoms with Crippen molar-refractivity contribution in [3.05, 3.63) is 0 Å². The third kappa shape index (κ3) is 7.62. The Bertz CT molecular complexity index is 260. The number of rotatable bonds is 2. The van der Waals surface area contributed by atoms with Crippen molar-refractivity contribution in [2.24, 2.45) is 5.41 Å². The van der Waals surface area contributed by atoms with Gasteiger partial charge in [0.25, 0.3) is 0 Å². The average Bonchev–Trinajstić information content (AvgIpc) is 1.93. The van der Waals surface area contributed by atoms with Gasteiger partial charge in [0.2, 0.25) is 0 Å². The zero-order valence-corrected chi connectivity index (χ0v) is 13.4. The molecule has 0 aromatic heterocycles. The summed E-state index contributed by atoms with van der Waals surface area (Å²) in [6, 6.07) is 1.01.